The molecule has 29 heavy (non-hydrogen) atoms. The van der Waals surface area contributed by atoms with Crippen LogP contribution in [0.25, 0.3) is 0 Å². The van der Waals surface area contributed by atoms with Crippen molar-refractivity contribution in [1.82, 2.24) is 10.3 Å². The summed E-state index contributed by atoms with van der Waals surface area (Å²) in [5.74, 6) is -0.0665. The van der Waals surface area contributed by atoms with Crippen LogP contribution < -0.4 is 15.4 Å². The smallest absolute Gasteiger partial charge is 0.257 e. The number of anilines is 1. The van der Waals surface area contributed by atoms with Crippen LogP contribution >= 0.6 is 11.3 Å². The first kappa shape index (κ1) is 20.5. The molecular formula is C21H20FN3O3S. The lowest BCUT2D eigenvalue weighted by Crippen LogP contribution is -2.23. The lowest BCUT2D eigenvalue weighted by molar-refractivity contribution is -0.121. The second kappa shape index (κ2) is 9.79. The van der Waals surface area contributed by atoms with Crippen LogP contribution in [0.4, 0.5) is 9.52 Å². The Labute approximate surface area is 171 Å². The molecule has 0 aliphatic rings. The number of hydrogen-bond donors (Lipinski definition) is 2. The van der Waals surface area contributed by atoms with E-state index in [0.29, 0.717) is 30.1 Å². The molecule has 1 heterocycles. The van der Waals surface area contributed by atoms with E-state index < -0.39 is 5.82 Å². The third-order valence-electron chi connectivity index (χ3n) is 4.14. The molecule has 3 aromatic rings. The van der Waals surface area contributed by atoms with E-state index >= 15 is 0 Å². The summed E-state index contributed by atoms with van der Waals surface area (Å²) in [6.07, 6.45) is 0.766. The molecule has 2 aromatic carbocycles. The molecule has 2 N–H and O–H groups in total. The summed E-state index contributed by atoms with van der Waals surface area (Å²) in [6, 6.07) is 12.8. The molecule has 0 unspecified atom stereocenters. The second-order valence-electron chi connectivity index (χ2n) is 6.23. The number of thiazole rings is 1. The number of aromatic nitrogens is 1. The molecule has 2 amide bonds. The average molecular weight is 413 g/mol. The minimum absolute atomic E-state index is 0.0780. The number of hydrogen-bond acceptors (Lipinski definition) is 5. The van der Waals surface area contributed by atoms with Gasteiger partial charge in [-0.15, -0.1) is 11.3 Å². The van der Waals surface area contributed by atoms with Gasteiger partial charge in [-0.05, 0) is 48.4 Å². The Morgan fingerprint density at radius 3 is 2.52 bits per heavy atom. The van der Waals surface area contributed by atoms with Gasteiger partial charge in [-0.25, -0.2) is 9.37 Å². The summed E-state index contributed by atoms with van der Waals surface area (Å²) in [5, 5.41) is 7.78. The highest BCUT2D eigenvalue weighted by atomic mass is 32.1. The van der Waals surface area contributed by atoms with Gasteiger partial charge in [0.05, 0.1) is 12.8 Å². The maximum Gasteiger partial charge on any atom is 0.257 e. The Kier molecular flexibility index (Phi) is 6.91. The maximum atomic E-state index is 12.9. The van der Waals surface area contributed by atoms with Crippen LogP contribution in [0.15, 0.2) is 53.9 Å². The fourth-order valence-electron chi connectivity index (χ4n) is 2.52. The van der Waals surface area contributed by atoms with Gasteiger partial charge in [0.1, 0.15) is 11.6 Å². The predicted molar refractivity (Wildman–Crippen MR) is 110 cm³/mol. The number of ether oxygens (including phenoxy) is 1. The summed E-state index contributed by atoms with van der Waals surface area (Å²) >= 11 is 1.28. The Bertz CT molecular complexity index is 972. The van der Waals surface area contributed by atoms with Gasteiger partial charge >= 0.3 is 0 Å². The van der Waals surface area contributed by atoms with Crippen LogP contribution in [0, 0.1) is 5.82 Å². The van der Waals surface area contributed by atoms with Crippen molar-refractivity contribution in [3.8, 4) is 5.75 Å². The third-order valence-corrected chi connectivity index (χ3v) is 4.94. The monoisotopic (exact) mass is 413 g/mol. The van der Waals surface area contributed by atoms with Crippen LogP contribution in [-0.4, -0.2) is 23.9 Å². The largest absolute Gasteiger partial charge is 0.497 e. The minimum atomic E-state index is -0.400. The van der Waals surface area contributed by atoms with Crippen LogP contribution in [-0.2, 0) is 17.8 Å². The van der Waals surface area contributed by atoms with E-state index in [-0.39, 0.29) is 11.8 Å². The molecule has 0 fully saturated rings. The summed E-state index contributed by atoms with van der Waals surface area (Å²) in [4.78, 5) is 28.5. The Morgan fingerprint density at radius 2 is 1.83 bits per heavy atom. The molecule has 0 aliphatic carbocycles. The highest BCUT2D eigenvalue weighted by molar-refractivity contribution is 7.14. The molecule has 150 valence electrons. The molecule has 3 rings (SSSR count). The van der Waals surface area contributed by atoms with Crippen molar-refractivity contribution < 1.29 is 18.7 Å². The van der Waals surface area contributed by atoms with Gasteiger partial charge in [-0.2, -0.15) is 0 Å². The van der Waals surface area contributed by atoms with Crippen LogP contribution in [0.5, 0.6) is 5.75 Å². The first-order chi connectivity index (χ1) is 14.0. The fourth-order valence-corrected chi connectivity index (χ4v) is 3.26. The molecule has 1 aromatic heterocycles. The predicted octanol–water partition coefficient (Wildman–Crippen LogP) is 3.79. The topological polar surface area (TPSA) is 80.3 Å². The van der Waals surface area contributed by atoms with Crippen molar-refractivity contribution in [2.24, 2.45) is 0 Å². The van der Waals surface area contributed by atoms with Gasteiger partial charge < -0.3 is 10.1 Å². The quantitative estimate of drug-likeness (QED) is 0.589. The zero-order valence-electron chi connectivity index (χ0n) is 15.8. The Balaban J connectivity index is 1.44. The van der Waals surface area contributed by atoms with E-state index in [9.17, 15) is 14.0 Å². The SMILES string of the molecule is COc1ccc(CNC(=O)CCc2csc(NC(=O)c3ccc(F)cc3)n2)cc1. The van der Waals surface area contributed by atoms with Crippen LogP contribution in [0.2, 0.25) is 0 Å². The first-order valence-corrected chi connectivity index (χ1v) is 9.82. The number of methoxy groups -OCH3 is 1. The van der Waals surface area contributed by atoms with Gasteiger partial charge in [-0.1, -0.05) is 12.1 Å². The van der Waals surface area contributed by atoms with Crippen molar-refractivity contribution in [1.29, 1.82) is 0 Å². The lowest BCUT2D eigenvalue weighted by atomic mass is 10.2. The van der Waals surface area contributed by atoms with Gasteiger partial charge in [0, 0.05) is 23.9 Å². The number of carbonyl (C=O) groups is 2. The molecule has 6 nitrogen and oxygen atoms in total. The summed E-state index contributed by atoms with van der Waals surface area (Å²) < 4.78 is 18.0. The van der Waals surface area contributed by atoms with Crippen molar-refractivity contribution in [3.05, 3.63) is 76.5 Å². The molecule has 0 bridgehead atoms. The fraction of sp³-hybridized carbons (Fsp3) is 0.190. The van der Waals surface area contributed by atoms with Crippen LogP contribution in [0.1, 0.15) is 28.0 Å². The maximum absolute atomic E-state index is 12.9. The first-order valence-electron chi connectivity index (χ1n) is 8.94. The number of carbonyl (C=O) groups excluding carboxylic acids is 2. The van der Waals surface area contributed by atoms with E-state index in [1.807, 2.05) is 24.3 Å². The highest BCUT2D eigenvalue weighted by Crippen LogP contribution is 2.18. The van der Waals surface area contributed by atoms with E-state index in [1.54, 1.807) is 12.5 Å². The van der Waals surface area contributed by atoms with Crippen molar-refractivity contribution >= 4 is 28.3 Å². The minimum Gasteiger partial charge on any atom is -0.497 e. The molecule has 0 spiro atoms. The van der Waals surface area contributed by atoms with Crippen LogP contribution in [0.3, 0.4) is 0 Å². The highest BCUT2D eigenvalue weighted by Gasteiger charge is 2.10. The average Bonchev–Trinajstić information content (AvgIpc) is 3.18. The van der Waals surface area contributed by atoms with E-state index in [2.05, 4.69) is 15.6 Å². The molecule has 0 radical (unpaired) electrons. The normalized spacial score (nSPS) is 10.4. The van der Waals surface area contributed by atoms with E-state index in [0.717, 1.165) is 17.0 Å². The van der Waals surface area contributed by atoms with Gasteiger partial charge in [-0.3, -0.25) is 14.9 Å². The molecule has 0 atom stereocenters. The number of aryl methyl sites for hydroxylation is 1. The lowest BCUT2D eigenvalue weighted by Gasteiger charge is -2.06. The third kappa shape index (κ3) is 6.11. The molecule has 0 saturated carbocycles. The van der Waals surface area contributed by atoms with Gasteiger partial charge in [0.2, 0.25) is 5.91 Å². The van der Waals surface area contributed by atoms with Gasteiger partial charge in [0.15, 0.2) is 5.13 Å². The Hall–Kier alpha value is -3.26. The number of nitrogens with one attached hydrogen (secondary N) is 2. The molecular weight excluding hydrogens is 393 g/mol. The van der Waals surface area contributed by atoms with Crippen molar-refractivity contribution in [2.45, 2.75) is 19.4 Å². The molecule has 0 saturated heterocycles. The molecule has 8 heteroatoms. The number of nitrogens with zero attached hydrogens (tertiary/aromatic N) is 1. The Morgan fingerprint density at radius 1 is 1.10 bits per heavy atom. The summed E-state index contributed by atoms with van der Waals surface area (Å²) in [7, 11) is 1.61. The van der Waals surface area contributed by atoms with Crippen molar-refractivity contribution in [2.75, 3.05) is 12.4 Å². The standard InChI is InChI=1S/C21H20FN3O3S/c1-28-18-9-2-14(3-10-18)12-23-19(26)11-8-17-13-29-21(24-17)25-20(27)15-4-6-16(22)7-5-15/h2-7,9-10,13H,8,11-12H2,1H3,(H,23,26)(H,24,25,27). The van der Waals surface area contributed by atoms with Gasteiger partial charge in [0.25, 0.3) is 5.91 Å². The molecule has 0 aliphatic heterocycles. The number of rotatable bonds is 8. The van der Waals surface area contributed by atoms with Crippen molar-refractivity contribution in [3.63, 3.8) is 0 Å². The number of amides is 2. The van der Waals surface area contributed by atoms with E-state index in [4.69, 9.17) is 4.74 Å². The number of halogens is 1. The summed E-state index contributed by atoms with van der Waals surface area (Å²) in [6.45, 7) is 0.443. The summed E-state index contributed by atoms with van der Waals surface area (Å²) in [5.41, 5.74) is 2.06. The zero-order valence-corrected chi connectivity index (χ0v) is 16.6. The number of benzene rings is 2. The van der Waals surface area contributed by atoms with E-state index in [1.165, 1.54) is 35.6 Å². The zero-order chi connectivity index (χ0) is 20.6. The second-order valence-corrected chi connectivity index (χ2v) is 7.09.